The third kappa shape index (κ3) is 3.11. The Bertz CT molecular complexity index is 497. The van der Waals surface area contributed by atoms with E-state index in [9.17, 15) is 0 Å². The topological polar surface area (TPSA) is 66.0 Å². The van der Waals surface area contributed by atoms with Crippen LogP contribution >= 0.6 is 11.8 Å². The van der Waals surface area contributed by atoms with Gasteiger partial charge in [-0.25, -0.2) is 4.98 Å². The molecule has 1 atom stereocenters. The average Bonchev–Trinajstić information content (AvgIpc) is 2.96. The molecule has 7 heteroatoms. The van der Waals surface area contributed by atoms with E-state index >= 15 is 0 Å². The van der Waals surface area contributed by atoms with Gasteiger partial charge in [0.2, 0.25) is 5.89 Å². The van der Waals surface area contributed by atoms with Crippen LogP contribution in [0.1, 0.15) is 31.7 Å². The molecule has 6 nitrogen and oxygen atoms in total. The van der Waals surface area contributed by atoms with Gasteiger partial charge in [0.05, 0.1) is 5.75 Å². The fourth-order valence-electron chi connectivity index (χ4n) is 1.43. The molecule has 0 bridgehead atoms. The molecule has 0 saturated carbocycles. The van der Waals surface area contributed by atoms with Gasteiger partial charge in [-0.3, -0.25) is 0 Å². The summed E-state index contributed by atoms with van der Waals surface area (Å²) >= 11 is 1.56. The van der Waals surface area contributed by atoms with Gasteiger partial charge in [0.25, 0.3) is 0 Å². The minimum Gasteiger partial charge on any atom is -0.371 e. The Balaban J connectivity index is 1.93. The van der Waals surface area contributed by atoms with Crippen molar-refractivity contribution < 1.29 is 9.26 Å². The van der Waals surface area contributed by atoms with Crippen LogP contribution in [0.25, 0.3) is 0 Å². The van der Waals surface area contributed by atoms with Crippen LogP contribution in [-0.4, -0.2) is 26.3 Å². The van der Waals surface area contributed by atoms with Crippen LogP contribution in [0.3, 0.4) is 0 Å². The highest BCUT2D eigenvalue weighted by molar-refractivity contribution is 7.98. The molecule has 0 unspecified atom stereocenters. The molecule has 0 amide bonds. The van der Waals surface area contributed by atoms with E-state index in [1.54, 1.807) is 18.0 Å². The predicted molar refractivity (Wildman–Crippen MR) is 67.1 cm³/mol. The number of aryl methyl sites for hydroxylation is 1. The van der Waals surface area contributed by atoms with Crippen molar-refractivity contribution >= 4 is 11.8 Å². The first-order valence-electron chi connectivity index (χ1n) is 5.75. The molecule has 0 radical (unpaired) electrons. The molecule has 18 heavy (non-hydrogen) atoms. The molecule has 98 valence electrons. The van der Waals surface area contributed by atoms with E-state index < -0.39 is 0 Å². The van der Waals surface area contributed by atoms with Gasteiger partial charge in [0.15, 0.2) is 11.0 Å². The number of rotatable bonds is 6. The second-order valence-electron chi connectivity index (χ2n) is 3.75. The van der Waals surface area contributed by atoms with Crippen LogP contribution < -0.4 is 0 Å². The molecule has 0 spiro atoms. The van der Waals surface area contributed by atoms with Gasteiger partial charge >= 0.3 is 0 Å². The van der Waals surface area contributed by atoms with Crippen molar-refractivity contribution in [2.75, 3.05) is 6.61 Å². The van der Waals surface area contributed by atoms with Crippen LogP contribution in [0.4, 0.5) is 0 Å². The van der Waals surface area contributed by atoms with Gasteiger partial charge in [-0.05, 0) is 13.8 Å². The van der Waals surface area contributed by atoms with Crippen LogP contribution in [-0.2, 0) is 17.5 Å². The van der Waals surface area contributed by atoms with E-state index in [0.29, 0.717) is 24.1 Å². The van der Waals surface area contributed by atoms with Gasteiger partial charge in [-0.1, -0.05) is 16.9 Å². The molecule has 0 aliphatic carbocycles. The van der Waals surface area contributed by atoms with E-state index in [-0.39, 0.29) is 6.10 Å². The number of imidazole rings is 1. The number of aromatic nitrogens is 4. The summed E-state index contributed by atoms with van der Waals surface area (Å²) in [4.78, 5) is 8.51. The average molecular weight is 268 g/mol. The molecule has 0 N–H and O–H groups in total. The van der Waals surface area contributed by atoms with Gasteiger partial charge in [0.1, 0.15) is 6.10 Å². The summed E-state index contributed by atoms with van der Waals surface area (Å²) in [6.45, 7) is 4.48. The van der Waals surface area contributed by atoms with Crippen molar-refractivity contribution in [3.8, 4) is 0 Å². The zero-order valence-electron chi connectivity index (χ0n) is 10.7. The summed E-state index contributed by atoms with van der Waals surface area (Å²) < 4.78 is 12.5. The summed E-state index contributed by atoms with van der Waals surface area (Å²) in [7, 11) is 1.95. The minimum absolute atomic E-state index is 0.134. The van der Waals surface area contributed by atoms with Crippen LogP contribution in [0.15, 0.2) is 22.1 Å². The maximum atomic E-state index is 5.40. The fraction of sp³-hybridized carbons (Fsp3) is 0.545. The van der Waals surface area contributed by atoms with Crippen LogP contribution in [0, 0.1) is 0 Å². The molecule has 0 aliphatic rings. The minimum atomic E-state index is -0.134. The van der Waals surface area contributed by atoms with Crippen molar-refractivity contribution in [3.05, 3.63) is 24.1 Å². The van der Waals surface area contributed by atoms with Crippen LogP contribution in [0.5, 0.6) is 0 Å². The SMILES string of the molecule is CCO[C@@H](C)c1noc(CSc2nccn2C)n1. The summed E-state index contributed by atoms with van der Waals surface area (Å²) in [5.41, 5.74) is 0. The van der Waals surface area contributed by atoms with Crippen molar-refractivity contribution in [1.29, 1.82) is 0 Å². The number of thioether (sulfide) groups is 1. The summed E-state index contributed by atoms with van der Waals surface area (Å²) in [6.07, 6.45) is 3.53. The summed E-state index contributed by atoms with van der Waals surface area (Å²) in [5, 5.41) is 4.83. The Morgan fingerprint density at radius 2 is 2.39 bits per heavy atom. The van der Waals surface area contributed by atoms with Crippen molar-refractivity contribution in [2.45, 2.75) is 30.9 Å². The first-order chi connectivity index (χ1) is 8.70. The Morgan fingerprint density at radius 1 is 1.56 bits per heavy atom. The lowest BCUT2D eigenvalue weighted by molar-refractivity contribution is 0.0683. The van der Waals surface area contributed by atoms with Crippen molar-refractivity contribution in [1.82, 2.24) is 19.7 Å². The quantitative estimate of drug-likeness (QED) is 0.748. The normalized spacial score (nSPS) is 12.8. The molecular formula is C11H16N4O2S. The molecule has 2 aromatic heterocycles. The molecule has 2 heterocycles. The Labute approximate surface area is 110 Å². The lowest BCUT2D eigenvalue weighted by atomic mass is 10.4. The summed E-state index contributed by atoms with van der Waals surface area (Å²) in [5.74, 6) is 1.79. The van der Waals surface area contributed by atoms with E-state index in [2.05, 4.69) is 15.1 Å². The third-order valence-electron chi connectivity index (χ3n) is 2.37. The van der Waals surface area contributed by atoms with E-state index in [1.165, 1.54) is 0 Å². The standard InChI is InChI=1S/C11H16N4O2S/c1-4-16-8(2)10-13-9(17-14-10)7-18-11-12-5-6-15(11)3/h5-6,8H,4,7H2,1-3H3/t8-/m0/s1. The zero-order chi connectivity index (χ0) is 13.0. The fourth-order valence-corrected chi connectivity index (χ4v) is 2.20. The number of hydrogen-bond acceptors (Lipinski definition) is 6. The van der Waals surface area contributed by atoms with E-state index in [0.717, 1.165) is 5.16 Å². The second-order valence-corrected chi connectivity index (χ2v) is 4.70. The molecule has 2 aromatic rings. The number of ether oxygens (including phenoxy) is 1. The highest BCUT2D eigenvalue weighted by atomic mass is 32.2. The predicted octanol–water partition coefficient (Wildman–Crippen LogP) is 2.19. The third-order valence-corrected chi connectivity index (χ3v) is 3.41. The largest absolute Gasteiger partial charge is 0.371 e. The second kappa shape index (κ2) is 6.01. The van der Waals surface area contributed by atoms with Gasteiger partial charge in [0, 0.05) is 26.0 Å². The van der Waals surface area contributed by atoms with E-state index in [4.69, 9.17) is 9.26 Å². The van der Waals surface area contributed by atoms with Gasteiger partial charge in [-0.2, -0.15) is 4.98 Å². The molecule has 0 aliphatic heterocycles. The smallest absolute Gasteiger partial charge is 0.237 e. The Kier molecular flexibility index (Phi) is 4.38. The monoisotopic (exact) mass is 268 g/mol. The number of nitrogens with zero attached hydrogens (tertiary/aromatic N) is 4. The zero-order valence-corrected chi connectivity index (χ0v) is 11.5. The van der Waals surface area contributed by atoms with Gasteiger partial charge in [-0.15, -0.1) is 0 Å². The highest BCUT2D eigenvalue weighted by Crippen LogP contribution is 2.21. The first-order valence-corrected chi connectivity index (χ1v) is 6.73. The highest BCUT2D eigenvalue weighted by Gasteiger charge is 2.14. The Hall–Kier alpha value is -1.34. The van der Waals surface area contributed by atoms with Gasteiger partial charge < -0.3 is 13.8 Å². The summed E-state index contributed by atoms with van der Waals surface area (Å²) in [6, 6.07) is 0. The Morgan fingerprint density at radius 3 is 3.06 bits per heavy atom. The van der Waals surface area contributed by atoms with Crippen LogP contribution in [0.2, 0.25) is 0 Å². The number of hydrogen-bond donors (Lipinski definition) is 0. The molecule has 0 aromatic carbocycles. The maximum absolute atomic E-state index is 5.40. The first kappa shape index (κ1) is 13.1. The lowest BCUT2D eigenvalue weighted by Gasteiger charge is -2.04. The molecule has 0 saturated heterocycles. The van der Waals surface area contributed by atoms with Crippen molar-refractivity contribution in [3.63, 3.8) is 0 Å². The van der Waals surface area contributed by atoms with Crippen molar-refractivity contribution in [2.24, 2.45) is 7.05 Å². The molecular weight excluding hydrogens is 252 g/mol. The van der Waals surface area contributed by atoms with E-state index in [1.807, 2.05) is 31.7 Å². The maximum Gasteiger partial charge on any atom is 0.237 e. The molecule has 2 rings (SSSR count). The lowest BCUT2D eigenvalue weighted by Crippen LogP contribution is -2.01. The molecule has 0 fully saturated rings.